The van der Waals surface area contributed by atoms with Gasteiger partial charge >= 0.3 is 0 Å². The Hall–Kier alpha value is -10.4. The van der Waals surface area contributed by atoms with E-state index < -0.39 is 8.07 Å². The summed E-state index contributed by atoms with van der Waals surface area (Å²) in [5.41, 5.74) is 15.8. The molecule has 14 aromatic carbocycles. The van der Waals surface area contributed by atoms with Crippen LogP contribution < -0.4 is 20.7 Å². The smallest absolute Gasteiger partial charge is 0.181 e. The first-order chi connectivity index (χ1) is 42.5. The fourth-order valence-corrected chi connectivity index (χ4v) is 20.8. The molecule has 16 rings (SSSR count). The number of benzene rings is 14. The van der Waals surface area contributed by atoms with Gasteiger partial charge in [-0.05, 0) is 165 Å². The molecule has 0 amide bonds. The number of allylic oxidation sites excluding steroid dienone is 2. The Balaban J connectivity index is 0.826. The van der Waals surface area contributed by atoms with Crippen LogP contribution in [0.5, 0.6) is 0 Å². The third-order valence-electron chi connectivity index (χ3n) is 18.0. The summed E-state index contributed by atoms with van der Waals surface area (Å²) in [5, 5.41) is 18.0. The van der Waals surface area contributed by atoms with Gasteiger partial charge in [0.15, 0.2) is 8.07 Å². The van der Waals surface area contributed by atoms with Gasteiger partial charge in [0, 0.05) is 42.2 Å². The summed E-state index contributed by atoms with van der Waals surface area (Å²) >= 11 is 1.97. The minimum Gasteiger partial charge on any atom is -0.309 e. The molecule has 0 unspecified atom stereocenters. The lowest BCUT2D eigenvalue weighted by molar-refractivity contribution is 1.18. The van der Waals surface area contributed by atoms with Gasteiger partial charge < -0.3 is 4.57 Å². The monoisotopic (exact) mass is 1130 g/mol. The van der Waals surface area contributed by atoms with Crippen molar-refractivity contribution in [2.75, 3.05) is 0 Å². The average molecular weight is 1130 g/mol. The zero-order valence-electron chi connectivity index (χ0n) is 47.6. The van der Waals surface area contributed by atoms with E-state index in [2.05, 4.69) is 321 Å². The molecule has 2 heterocycles. The molecule has 0 fully saturated rings. The van der Waals surface area contributed by atoms with Crippen molar-refractivity contribution in [3.63, 3.8) is 0 Å². The van der Waals surface area contributed by atoms with Gasteiger partial charge in [0.25, 0.3) is 0 Å². The predicted octanol–water partition coefficient (Wildman–Crippen LogP) is 20.2. The van der Waals surface area contributed by atoms with E-state index in [0.717, 1.165) is 0 Å². The average Bonchev–Trinajstić information content (AvgIpc) is 2.39. The van der Waals surface area contributed by atoms with Crippen molar-refractivity contribution in [1.82, 2.24) is 4.57 Å². The van der Waals surface area contributed by atoms with Crippen molar-refractivity contribution in [2.45, 2.75) is 6.92 Å². The highest BCUT2D eigenvalue weighted by molar-refractivity contribution is 7.31. The van der Waals surface area contributed by atoms with Crippen molar-refractivity contribution in [3.8, 4) is 50.2 Å². The Morgan fingerprint density at radius 2 is 0.884 bits per heavy atom. The van der Waals surface area contributed by atoms with Gasteiger partial charge in [0.2, 0.25) is 0 Å². The molecular formula is C83H57NSSi. The highest BCUT2D eigenvalue weighted by Crippen LogP contribution is 2.44. The highest BCUT2D eigenvalue weighted by atomic mass is 32.1. The Bertz CT molecular complexity index is 5300. The van der Waals surface area contributed by atoms with Gasteiger partial charge in [-0.15, -0.1) is 11.3 Å². The van der Waals surface area contributed by atoms with Gasteiger partial charge in [0.05, 0.1) is 11.0 Å². The van der Waals surface area contributed by atoms with Crippen LogP contribution in [0, 0.1) is 6.92 Å². The SMILES string of the molecule is C=C/C=C\c1c(C)cc(-c2cccc(-c3ccc4cc(-c5cc(-c6cccc7c6sc6c([Si](c8ccccc8)(c8ccccc8)c8cccc(-n9c%10ccccc%10c%10ccccc%109)c8)cccc67)c6ccccc6c5)ccc4c3)c2)c2ccccc12. The van der Waals surface area contributed by atoms with Crippen LogP contribution in [0.2, 0.25) is 0 Å². The molecule has 0 spiro atoms. The van der Waals surface area contributed by atoms with Gasteiger partial charge in [-0.2, -0.15) is 0 Å². The first kappa shape index (κ1) is 51.2. The third kappa shape index (κ3) is 8.34. The van der Waals surface area contributed by atoms with Crippen LogP contribution in [-0.4, -0.2) is 12.6 Å². The first-order valence-corrected chi connectivity index (χ1v) is 32.5. The Morgan fingerprint density at radius 3 is 1.59 bits per heavy atom. The summed E-state index contributed by atoms with van der Waals surface area (Å²) in [6, 6.07) is 112. The molecule has 16 aromatic rings. The minimum absolute atomic E-state index is 1.17. The summed E-state index contributed by atoms with van der Waals surface area (Å²) < 4.78 is 5.11. The summed E-state index contributed by atoms with van der Waals surface area (Å²) in [6.07, 6.45) is 6.04. The number of thiophene rings is 1. The topological polar surface area (TPSA) is 4.93 Å². The number of fused-ring (bicyclic) bond motifs is 9. The normalized spacial score (nSPS) is 12.0. The van der Waals surface area contributed by atoms with Crippen molar-refractivity contribution < 1.29 is 0 Å². The van der Waals surface area contributed by atoms with Crippen molar-refractivity contribution in [1.29, 1.82) is 0 Å². The molecular weight excluding hydrogens is 1070 g/mol. The summed E-state index contributed by atoms with van der Waals surface area (Å²) in [4.78, 5) is 0. The van der Waals surface area contributed by atoms with E-state index in [0.29, 0.717) is 0 Å². The number of rotatable bonds is 11. The molecule has 0 aliphatic heterocycles. The van der Waals surface area contributed by atoms with E-state index in [1.807, 2.05) is 23.5 Å². The zero-order chi connectivity index (χ0) is 57.3. The number of aryl methyl sites for hydroxylation is 1. The molecule has 3 heteroatoms. The predicted molar refractivity (Wildman–Crippen MR) is 376 cm³/mol. The van der Waals surface area contributed by atoms with Gasteiger partial charge in [-0.1, -0.05) is 267 Å². The molecule has 0 saturated carbocycles. The molecule has 404 valence electrons. The van der Waals surface area contributed by atoms with Crippen molar-refractivity contribution >= 4 is 121 Å². The van der Waals surface area contributed by atoms with Crippen molar-refractivity contribution in [2.24, 2.45) is 0 Å². The number of hydrogen-bond donors (Lipinski definition) is 0. The standard InChI is InChI=1S/C83H57NSSi/c1-3-4-32-68-55(2)48-77(71-35-14-13-34-70(68)71)62-25-19-24-56(51-62)57-44-45-59-50-60(47-46-58(59)49-57)63-52-61-23-11-12-33-69(61)78(53-63)76-39-21-38-74-75-40-22-43-81(83(75)85-82(74)76)86(65-27-7-5-8-28-65,66-29-9-6-10-30-66)67-31-20-26-64(54-67)84-79-41-17-15-36-72(79)73-37-16-18-42-80(73)84/h3-54H,1H2,2H3/b32-4-. The summed E-state index contributed by atoms with van der Waals surface area (Å²) in [5.74, 6) is 0. The van der Waals surface area contributed by atoms with E-state index in [1.54, 1.807) is 0 Å². The molecule has 0 atom stereocenters. The first-order valence-electron chi connectivity index (χ1n) is 29.7. The lowest BCUT2D eigenvalue weighted by Crippen LogP contribution is -2.74. The fraction of sp³-hybridized carbons (Fsp3) is 0.0120. The Morgan fingerprint density at radius 1 is 0.349 bits per heavy atom. The number of para-hydroxylation sites is 2. The van der Waals surface area contributed by atoms with Crippen LogP contribution in [0.25, 0.3) is 131 Å². The van der Waals surface area contributed by atoms with Crippen LogP contribution in [0.15, 0.2) is 316 Å². The molecule has 0 N–H and O–H groups in total. The lowest BCUT2D eigenvalue weighted by atomic mass is 9.90. The quantitative estimate of drug-likeness (QED) is 0.0691. The highest BCUT2D eigenvalue weighted by Gasteiger charge is 2.43. The Labute approximate surface area is 506 Å². The van der Waals surface area contributed by atoms with Crippen molar-refractivity contribution in [3.05, 3.63) is 327 Å². The maximum absolute atomic E-state index is 3.92. The maximum atomic E-state index is 3.92. The van der Waals surface area contributed by atoms with E-state index in [4.69, 9.17) is 0 Å². The minimum atomic E-state index is -3.09. The van der Waals surface area contributed by atoms with Crippen LogP contribution in [0.4, 0.5) is 0 Å². The van der Waals surface area contributed by atoms with Crippen LogP contribution >= 0.6 is 11.3 Å². The van der Waals surface area contributed by atoms with Gasteiger partial charge in [-0.25, -0.2) is 0 Å². The largest absolute Gasteiger partial charge is 0.309 e. The number of hydrogen-bond acceptors (Lipinski definition) is 1. The number of aromatic nitrogens is 1. The van der Waals surface area contributed by atoms with E-state index in [1.165, 1.54) is 156 Å². The van der Waals surface area contributed by atoms with Gasteiger partial charge in [0.1, 0.15) is 0 Å². The molecule has 1 nitrogen and oxygen atoms in total. The van der Waals surface area contributed by atoms with Crippen LogP contribution in [0.1, 0.15) is 11.1 Å². The molecule has 0 bridgehead atoms. The second-order valence-electron chi connectivity index (χ2n) is 22.8. The molecule has 0 aliphatic carbocycles. The lowest BCUT2D eigenvalue weighted by Gasteiger charge is -2.35. The van der Waals surface area contributed by atoms with E-state index >= 15 is 0 Å². The molecule has 0 saturated heterocycles. The number of nitrogens with zero attached hydrogens (tertiary/aromatic N) is 1. The molecule has 86 heavy (non-hydrogen) atoms. The zero-order valence-corrected chi connectivity index (χ0v) is 49.4. The molecule has 2 aromatic heterocycles. The van der Waals surface area contributed by atoms with E-state index in [9.17, 15) is 0 Å². The van der Waals surface area contributed by atoms with Crippen LogP contribution in [-0.2, 0) is 0 Å². The third-order valence-corrected chi connectivity index (χ3v) is 24.3. The van der Waals surface area contributed by atoms with Crippen LogP contribution in [0.3, 0.4) is 0 Å². The second kappa shape index (κ2) is 21.0. The second-order valence-corrected chi connectivity index (χ2v) is 27.6. The summed E-state index contributed by atoms with van der Waals surface area (Å²) in [7, 11) is -3.09. The fourth-order valence-electron chi connectivity index (χ4n) is 14.1. The summed E-state index contributed by atoms with van der Waals surface area (Å²) in [6.45, 7) is 6.13. The van der Waals surface area contributed by atoms with E-state index in [-0.39, 0.29) is 0 Å². The molecule has 0 aliphatic rings. The maximum Gasteiger partial charge on any atom is 0.181 e. The molecule has 0 radical (unpaired) electrons. The Kier molecular flexibility index (Phi) is 12.5. The van der Waals surface area contributed by atoms with Gasteiger partial charge in [-0.3, -0.25) is 0 Å².